The van der Waals surface area contributed by atoms with Crippen molar-refractivity contribution in [2.24, 2.45) is 0 Å². The second kappa shape index (κ2) is 5.20. The Bertz CT molecular complexity index is 324. The maximum Gasteiger partial charge on any atom is 0.390 e. The molecule has 92 valence electrons. The molecule has 0 radical (unpaired) electrons. The summed E-state index contributed by atoms with van der Waals surface area (Å²) in [6.07, 6.45) is -3.61. The Hall–Kier alpha value is -1.24. The van der Waals surface area contributed by atoms with Gasteiger partial charge in [-0.25, -0.2) is 0 Å². The van der Waals surface area contributed by atoms with E-state index in [1.165, 1.54) is 18.2 Å². The van der Waals surface area contributed by atoms with Gasteiger partial charge in [0, 0.05) is 20.1 Å². The van der Waals surface area contributed by atoms with Gasteiger partial charge in [0.1, 0.15) is 6.26 Å². The van der Waals surface area contributed by atoms with Crippen LogP contribution in [-0.4, -0.2) is 31.8 Å². The van der Waals surface area contributed by atoms with Crippen molar-refractivity contribution >= 4 is 6.01 Å². The molecule has 0 aromatic carbocycles. The van der Waals surface area contributed by atoms with Crippen LogP contribution in [0.5, 0.6) is 0 Å². The van der Waals surface area contributed by atoms with Gasteiger partial charge >= 0.3 is 6.18 Å². The summed E-state index contributed by atoms with van der Waals surface area (Å²) in [5.41, 5.74) is 0.663. The molecule has 0 unspecified atom stereocenters. The van der Waals surface area contributed by atoms with Crippen LogP contribution in [0.4, 0.5) is 19.2 Å². The Kier molecular flexibility index (Phi) is 4.17. The van der Waals surface area contributed by atoms with E-state index in [0.29, 0.717) is 12.2 Å². The molecular formula is C9H14F3N3O. The van der Waals surface area contributed by atoms with Gasteiger partial charge in [-0.15, -0.1) is 0 Å². The predicted molar refractivity (Wildman–Crippen MR) is 53.2 cm³/mol. The van der Waals surface area contributed by atoms with E-state index in [2.05, 4.69) is 10.3 Å². The van der Waals surface area contributed by atoms with Crippen molar-refractivity contribution in [3.63, 3.8) is 0 Å². The lowest BCUT2D eigenvalue weighted by Gasteiger charge is -2.15. The number of nitrogens with zero attached hydrogens (tertiary/aromatic N) is 2. The molecule has 0 fully saturated rings. The van der Waals surface area contributed by atoms with Crippen LogP contribution in [0.3, 0.4) is 0 Å². The first kappa shape index (κ1) is 12.8. The number of hydrogen-bond donors (Lipinski definition) is 1. The molecular weight excluding hydrogens is 223 g/mol. The van der Waals surface area contributed by atoms with Crippen molar-refractivity contribution in [2.75, 3.05) is 25.5 Å². The second-order valence-electron chi connectivity index (χ2n) is 3.44. The number of aromatic nitrogens is 1. The van der Waals surface area contributed by atoms with E-state index in [4.69, 9.17) is 4.42 Å². The summed E-state index contributed by atoms with van der Waals surface area (Å²) >= 11 is 0. The molecule has 0 aliphatic rings. The van der Waals surface area contributed by atoms with Crippen LogP contribution in [0.1, 0.15) is 12.1 Å². The average Bonchev–Trinajstić information content (AvgIpc) is 2.62. The normalized spacial score (nSPS) is 11.8. The zero-order chi connectivity index (χ0) is 12.2. The van der Waals surface area contributed by atoms with Crippen LogP contribution in [-0.2, 0) is 6.54 Å². The van der Waals surface area contributed by atoms with Crippen molar-refractivity contribution in [1.29, 1.82) is 0 Å². The number of hydrogen-bond acceptors (Lipinski definition) is 4. The molecule has 0 bridgehead atoms. The molecule has 1 aromatic heterocycles. The Balaban J connectivity index is 2.49. The highest BCUT2D eigenvalue weighted by Gasteiger charge is 2.27. The van der Waals surface area contributed by atoms with Crippen molar-refractivity contribution < 1.29 is 17.6 Å². The third-order valence-corrected chi connectivity index (χ3v) is 1.95. The summed E-state index contributed by atoms with van der Waals surface area (Å²) < 4.78 is 41.0. The Labute approximate surface area is 91.4 Å². The summed E-state index contributed by atoms with van der Waals surface area (Å²) in [6.45, 7) is 0.361. The first-order chi connectivity index (χ1) is 7.42. The van der Waals surface area contributed by atoms with Crippen LogP contribution in [0.15, 0.2) is 10.7 Å². The molecule has 0 amide bonds. The summed E-state index contributed by atoms with van der Waals surface area (Å²) in [4.78, 5) is 5.37. The molecule has 1 aromatic rings. The lowest BCUT2D eigenvalue weighted by atomic mass is 10.4. The van der Waals surface area contributed by atoms with Gasteiger partial charge in [-0.1, -0.05) is 0 Å². The number of halogens is 3. The minimum atomic E-state index is -4.16. The SMILES string of the molecule is CNCc1coc(N(C)CCC(F)(F)F)n1. The molecule has 1 heterocycles. The van der Waals surface area contributed by atoms with Gasteiger partial charge < -0.3 is 14.6 Å². The highest BCUT2D eigenvalue weighted by molar-refractivity contribution is 5.25. The highest BCUT2D eigenvalue weighted by atomic mass is 19.4. The highest BCUT2D eigenvalue weighted by Crippen LogP contribution is 2.21. The third-order valence-electron chi connectivity index (χ3n) is 1.95. The maximum atomic E-state index is 12.0. The zero-order valence-corrected chi connectivity index (χ0v) is 9.14. The topological polar surface area (TPSA) is 41.3 Å². The molecule has 7 heteroatoms. The number of alkyl halides is 3. The van der Waals surface area contributed by atoms with E-state index >= 15 is 0 Å². The van der Waals surface area contributed by atoms with Gasteiger partial charge in [0.05, 0.1) is 12.1 Å². The van der Waals surface area contributed by atoms with Gasteiger partial charge in [0.15, 0.2) is 0 Å². The van der Waals surface area contributed by atoms with Crippen LogP contribution < -0.4 is 10.2 Å². The van der Waals surface area contributed by atoms with E-state index in [1.807, 2.05) is 0 Å². The summed E-state index contributed by atoms with van der Waals surface area (Å²) in [5, 5.41) is 2.87. The molecule has 0 saturated carbocycles. The molecule has 1 rings (SSSR count). The predicted octanol–water partition coefficient (Wildman–Crippen LogP) is 1.78. The van der Waals surface area contributed by atoms with Crippen LogP contribution in [0.2, 0.25) is 0 Å². The molecule has 0 spiro atoms. The number of rotatable bonds is 5. The van der Waals surface area contributed by atoms with E-state index < -0.39 is 12.6 Å². The Morgan fingerprint density at radius 1 is 1.50 bits per heavy atom. The summed E-state index contributed by atoms with van der Waals surface area (Å²) in [5.74, 6) is 0. The Morgan fingerprint density at radius 2 is 2.19 bits per heavy atom. The van der Waals surface area contributed by atoms with Crippen LogP contribution in [0.25, 0.3) is 0 Å². The summed E-state index contributed by atoms with van der Waals surface area (Å²) in [7, 11) is 3.27. The number of oxazole rings is 1. The van der Waals surface area contributed by atoms with E-state index in [-0.39, 0.29) is 12.6 Å². The van der Waals surface area contributed by atoms with E-state index in [9.17, 15) is 13.2 Å². The monoisotopic (exact) mass is 237 g/mol. The fraction of sp³-hybridized carbons (Fsp3) is 0.667. The number of nitrogens with one attached hydrogen (secondary N) is 1. The minimum Gasteiger partial charge on any atom is -0.432 e. The van der Waals surface area contributed by atoms with Gasteiger partial charge in [-0.2, -0.15) is 18.2 Å². The lowest BCUT2D eigenvalue weighted by Crippen LogP contribution is -2.24. The lowest BCUT2D eigenvalue weighted by molar-refractivity contribution is -0.132. The van der Waals surface area contributed by atoms with Crippen molar-refractivity contribution in [2.45, 2.75) is 19.1 Å². The van der Waals surface area contributed by atoms with Gasteiger partial charge in [0.2, 0.25) is 0 Å². The zero-order valence-electron chi connectivity index (χ0n) is 9.14. The summed E-state index contributed by atoms with van der Waals surface area (Å²) in [6, 6.07) is 0.203. The molecule has 16 heavy (non-hydrogen) atoms. The van der Waals surface area contributed by atoms with Gasteiger partial charge in [-0.3, -0.25) is 0 Å². The number of anilines is 1. The quantitative estimate of drug-likeness (QED) is 0.847. The Morgan fingerprint density at radius 3 is 2.75 bits per heavy atom. The first-order valence-corrected chi connectivity index (χ1v) is 4.79. The maximum absolute atomic E-state index is 12.0. The molecule has 1 N–H and O–H groups in total. The first-order valence-electron chi connectivity index (χ1n) is 4.79. The molecule has 0 atom stereocenters. The average molecular weight is 237 g/mol. The standard InChI is InChI=1S/C9H14F3N3O/c1-13-5-7-6-16-8(14-7)15(2)4-3-9(10,11)12/h6,13H,3-5H2,1-2H3. The molecule has 0 aliphatic heterocycles. The van der Waals surface area contributed by atoms with Crippen molar-refractivity contribution in [3.8, 4) is 0 Å². The van der Waals surface area contributed by atoms with Gasteiger partial charge in [0.25, 0.3) is 6.01 Å². The van der Waals surface area contributed by atoms with Crippen molar-refractivity contribution in [3.05, 3.63) is 12.0 Å². The minimum absolute atomic E-state index is 0.164. The molecule has 4 nitrogen and oxygen atoms in total. The molecule has 0 aliphatic carbocycles. The van der Waals surface area contributed by atoms with E-state index in [0.717, 1.165) is 0 Å². The smallest absolute Gasteiger partial charge is 0.390 e. The second-order valence-corrected chi connectivity index (χ2v) is 3.44. The molecule has 0 saturated heterocycles. The van der Waals surface area contributed by atoms with Crippen molar-refractivity contribution in [1.82, 2.24) is 10.3 Å². The van der Waals surface area contributed by atoms with Crippen LogP contribution >= 0.6 is 0 Å². The van der Waals surface area contributed by atoms with E-state index in [1.54, 1.807) is 7.05 Å². The fourth-order valence-electron chi connectivity index (χ4n) is 1.12. The largest absolute Gasteiger partial charge is 0.432 e. The van der Waals surface area contributed by atoms with Gasteiger partial charge in [-0.05, 0) is 7.05 Å². The van der Waals surface area contributed by atoms with Crippen LogP contribution in [0, 0.1) is 0 Å². The fourth-order valence-corrected chi connectivity index (χ4v) is 1.12. The third kappa shape index (κ3) is 4.09.